The first-order valence-corrected chi connectivity index (χ1v) is 10.8. The van der Waals surface area contributed by atoms with Gasteiger partial charge >= 0.3 is 5.97 Å². The van der Waals surface area contributed by atoms with Crippen LogP contribution >= 0.6 is 0 Å². The molecular formula is C24H27N5O3. The number of benzene rings is 1. The molecule has 32 heavy (non-hydrogen) atoms. The molecule has 4 rings (SSSR count). The molecular weight excluding hydrogens is 406 g/mol. The number of fused-ring (bicyclic) bond motifs is 1. The number of nitrogens with one attached hydrogen (secondary N) is 2. The number of carboxylic acid groups (broad SMARTS) is 1. The van der Waals surface area contributed by atoms with Gasteiger partial charge in [0.1, 0.15) is 5.39 Å². The van der Waals surface area contributed by atoms with Crippen molar-refractivity contribution in [3.05, 3.63) is 51.9 Å². The topological polar surface area (TPSA) is 124 Å². The molecule has 3 aromatic rings. The van der Waals surface area contributed by atoms with Gasteiger partial charge in [-0.3, -0.25) is 9.48 Å². The minimum atomic E-state index is -0.979. The number of hydrogen-bond acceptors (Lipinski definition) is 5. The summed E-state index contributed by atoms with van der Waals surface area (Å²) in [5.74, 6) is -0.582. The summed E-state index contributed by atoms with van der Waals surface area (Å²) in [6.45, 7) is 5.87. The smallest absolute Gasteiger partial charge is 0.335 e. The Labute approximate surface area is 185 Å². The van der Waals surface area contributed by atoms with Crippen molar-refractivity contribution in [2.75, 3.05) is 5.32 Å². The molecule has 1 aliphatic rings. The fourth-order valence-electron chi connectivity index (χ4n) is 4.74. The Morgan fingerprint density at radius 2 is 2.03 bits per heavy atom. The molecule has 0 unspecified atom stereocenters. The molecule has 2 heterocycles. The molecule has 2 aromatic heterocycles. The third-order valence-corrected chi connectivity index (χ3v) is 6.32. The van der Waals surface area contributed by atoms with Crippen LogP contribution in [0.5, 0.6) is 0 Å². The Morgan fingerprint density at radius 3 is 2.66 bits per heavy atom. The summed E-state index contributed by atoms with van der Waals surface area (Å²) in [6, 6.07) is 9.18. The predicted octanol–water partition coefficient (Wildman–Crippen LogP) is 4.65. The minimum absolute atomic E-state index is 0.246. The number of carbonyl (C=O) groups is 1. The first-order valence-electron chi connectivity index (χ1n) is 10.8. The summed E-state index contributed by atoms with van der Waals surface area (Å²) in [5.41, 5.74) is 1.19. The number of pyridine rings is 1. The first-order chi connectivity index (χ1) is 15.2. The van der Waals surface area contributed by atoms with Gasteiger partial charge < -0.3 is 15.4 Å². The van der Waals surface area contributed by atoms with Crippen molar-refractivity contribution in [2.24, 2.45) is 0 Å². The lowest BCUT2D eigenvalue weighted by atomic mass is 9.83. The standard InChI is InChI=1S/C24H27N5O3/c1-23(2,3)17-14-15(6-7-16(17)22(31)32)27-20-19-18(8-13-26-21(19)30)29(28-20)24(11-12-25)9-4-5-10-24/h6-8,13-14H,4-5,9-11H2,1-3H3,(H,26,30)(H,27,28)(H,31,32). The molecule has 3 N–H and O–H groups in total. The molecule has 8 heteroatoms. The van der Waals surface area contributed by atoms with Crippen LogP contribution in [0.1, 0.15) is 68.8 Å². The molecule has 0 radical (unpaired) electrons. The number of nitriles is 1. The second-order valence-electron chi connectivity index (χ2n) is 9.53. The van der Waals surface area contributed by atoms with Crippen LogP contribution in [0.25, 0.3) is 10.9 Å². The van der Waals surface area contributed by atoms with Gasteiger partial charge in [0.05, 0.1) is 29.1 Å². The summed E-state index contributed by atoms with van der Waals surface area (Å²) in [4.78, 5) is 27.2. The van der Waals surface area contributed by atoms with Crippen molar-refractivity contribution in [3.8, 4) is 6.07 Å². The Kier molecular flexibility index (Phi) is 5.29. The van der Waals surface area contributed by atoms with Crippen molar-refractivity contribution >= 4 is 28.4 Å². The van der Waals surface area contributed by atoms with Crippen LogP contribution in [0.15, 0.2) is 35.3 Å². The van der Waals surface area contributed by atoms with Crippen LogP contribution in [-0.2, 0) is 11.0 Å². The van der Waals surface area contributed by atoms with Gasteiger partial charge in [0.25, 0.3) is 5.56 Å². The van der Waals surface area contributed by atoms with Crippen LogP contribution in [0.2, 0.25) is 0 Å². The van der Waals surface area contributed by atoms with Crippen LogP contribution in [0, 0.1) is 11.3 Å². The Hall–Kier alpha value is -3.60. The van der Waals surface area contributed by atoms with Gasteiger partial charge in [-0.2, -0.15) is 10.4 Å². The van der Waals surface area contributed by atoms with E-state index in [2.05, 4.69) is 16.4 Å². The lowest BCUT2D eigenvalue weighted by molar-refractivity contribution is 0.0694. The van der Waals surface area contributed by atoms with Crippen LogP contribution in [0.4, 0.5) is 11.5 Å². The Bertz CT molecular complexity index is 1280. The second kappa shape index (κ2) is 7.83. The van der Waals surface area contributed by atoms with E-state index in [0.717, 1.165) is 25.7 Å². The van der Waals surface area contributed by atoms with E-state index in [-0.39, 0.29) is 16.5 Å². The number of aromatic nitrogens is 3. The molecule has 1 aromatic carbocycles. The Morgan fingerprint density at radius 1 is 1.31 bits per heavy atom. The maximum absolute atomic E-state index is 12.8. The van der Waals surface area contributed by atoms with E-state index in [1.165, 1.54) is 0 Å². The summed E-state index contributed by atoms with van der Waals surface area (Å²) in [7, 11) is 0. The van der Waals surface area contributed by atoms with Crippen molar-refractivity contribution in [3.63, 3.8) is 0 Å². The van der Waals surface area contributed by atoms with E-state index >= 15 is 0 Å². The normalized spacial score (nSPS) is 15.6. The van der Waals surface area contributed by atoms with Crippen LogP contribution in [0.3, 0.4) is 0 Å². The fraction of sp³-hybridized carbons (Fsp3) is 0.417. The molecule has 1 saturated carbocycles. The van der Waals surface area contributed by atoms with E-state index in [9.17, 15) is 20.0 Å². The predicted molar refractivity (Wildman–Crippen MR) is 122 cm³/mol. The van der Waals surface area contributed by atoms with E-state index in [4.69, 9.17) is 5.10 Å². The van der Waals surface area contributed by atoms with Crippen LogP contribution in [-0.4, -0.2) is 25.8 Å². The lowest BCUT2D eigenvalue weighted by Gasteiger charge is -2.27. The lowest BCUT2D eigenvalue weighted by Crippen LogP contribution is -2.31. The molecule has 0 spiro atoms. The van der Waals surface area contributed by atoms with Crippen molar-refractivity contribution in [1.82, 2.24) is 14.8 Å². The van der Waals surface area contributed by atoms with Gasteiger partial charge in [-0.05, 0) is 48.1 Å². The highest BCUT2D eigenvalue weighted by Crippen LogP contribution is 2.42. The number of anilines is 2. The molecule has 0 amide bonds. The summed E-state index contributed by atoms with van der Waals surface area (Å²) in [5, 5.41) is 27.5. The van der Waals surface area contributed by atoms with Gasteiger partial charge in [0.15, 0.2) is 5.82 Å². The van der Waals surface area contributed by atoms with Gasteiger partial charge in [0.2, 0.25) is 0 Å². The molecule has 0 saturated heterocycles. The molecule has 8 nitrogen and oxygen atoms in total. The highest BCUT2D eigenvalue weighted by Gasteiger charge is 2.38. The highest BCUT2D eigenvalue weighted by atomic mass is 16.4. The third-order valence-electron chi connectivity index (χ3n) is 6.32. The average molecular weight is 434 g/mol. The molecule has 0 aliphatic heterocycles. The number of aromatic carboxylic acids is 1. The van der Waals surface area contributed by atoms with E-state index in [1.807, 2.05) is 31.5 Å². The third kappa shape index (κ3) is 3.64. The quantitative estimate of drug-likeness (QED) is 0.538. The number of carboxylic acids is 1. The molecule has 1 fully saturated rings. The number of aromatic amines is 1. The van der Waals surface area contributed by atoms with Gasteiger partial charge in [-0.15, -0.1) is 0 Å². The summed E-state index contributed by atoms with van der Waals surface area (Å²) >= 11 is 0. The maximum atomic E-state index is 12.8. The van der Waals surface area contributed by atoms with E-state index in [1.54, 1.807) is 24.4 Å². The van der Waals surface area contributed by atoms with Gasteiger partial charge in [-0.25, -0.2) is 4.79 Å². The SMILES string of the molecule is CC(C)(C)c1cc(Nc2nn(C3(CC#N)CCCC3)c3cc[nH]c(=O)c23)ccc1C(=O)O. The van der Waals surface area contributed by atoms with Crippen molar-refractivity contribution in [1.29, 1.82) is 5.26 Å². The second-order valence-corrected chi connectivity index (χ2v) is 9.53. The Balaban J connectivity index is 1.86. The zero-order valence-corrected chi connectivity index (χ0v) is 18.5. The monoisotopic (exact) mass is 433 g/mol. The zero-order valence-electron chi connectivity index (χ0n) is 18.5. The van der Waals surface area contributed by atoms with E-state index in [0.29, 0.717) is 34.4 Å². The van der Waals surface area contributed by atoms with Crippen molar-refractivity contribution < 1.29 is 9.90 Å². The average Bonchev–Trinajstić information content (AvgIpc) is 3.34. The van der Waals surface area contributed by atoms with Gasteiger partial charge in [-0.1, -0.05) is 33.6 Å². The molecule has 166 valence electrons. The number of H-pyrrole nitrogens is 1. The fourth-order valence-corrected chi connectivity index (χ4v) is 4.74. The highest BCUT2D eigenvalue weighted by molar-refractivity contribution is 5.93. The number of hydrogen-bond donors (Lipinski definition) is 3. The molecule has 0 atom stereocenters. The largest absolute Gasteiger partial charge is 0.478 e. The van der Waals surface area contributed by atoms with E-state index < -0.39 is 11.5 Å². The number of nitrogens with zero attached hydrogens (tertiary/aromatic N) is 3. The van der Waals surface area contributed by atoms with Crippen LogP contribution < -0.4 is 10.9 Å². The first kappa shape index (κ1) is 21.6. The maximum Gasteiger partial charge on any atom is 0.335 e. The minimum Gasteiger partial charge on any atom is -0.478 e. The zero-order chi connectivity index (χ0) is 23.1. The summed E-state index contributed by atoms with van der Waals surface area (Å²) in [6.07, 6.45) is 5.63. The summed E-state index contributed by atoms with van der Waals surface area (Å²) < 4.78 is 1.85. The van der Waals surface area contributed by atoms with Gasteiger partial charge in [0, 0.05) is 11.9 Å². The molecule has 1 aliphatic carbocycles. The molecule has 0 bridgehead atoms. The number of rotatable bonds is 5. The van der Waals surface area contributed by atoms with Crippen molar-refractivity contribution in [2.45, 2.75) is 63.8 Å².